The van der Waals surface area contributed by atoms with Gasteiger partial charge in [0, 0.05) is 54.4 Å². The van der Waals surface area contributed by atoms with E-state index in [1.165, 1.54) is 93.0 Å². The molecule has 2 saturated heterocycles. The van der Waals surface area contributed by atoms with Crippen molar-refractivity contribution in [2.24, 2.45) is 11.8 Å². The standard InChI is InChI=1S/C27H41N3O/c1-19-7-4-9-21(10-5-8-19)25-18-29-14-6-11-22(29)16-30(25)17-24-23-12-13-28-27(23)20(2)15-26(24)31-3/h12-13,15,19,21-22,25,28H,4-11,14,16-18H2,1-3H3. The highest BCUT2D eigenvalue weighted by Gasteiger charge is 2.40. The zero-order valence-electron chi connectivity index (χ0n) is 19.8. The van der Waals surface area contributed by atoms with Gasteiger partial charge in [-0.05, 0) is 68.7 Å². The number of aryl methyl sites for hydroxylation is 1. The normalized spacial score (nSPS) is 30.8. The zero-order valence-corrected chi connectivity index (χ0v) is 19.8. The van der Waals surface area contributed by atoms with Gasteiger partial charge in [-0.15, -0.1) is 0 Å². The molecule has 2 unspecified atom stereocenters. The number of rotatable bonds is 4. The molecular weight excluding hydrogens is 382 g/mol. The van der Waals surface area contributed by atoms with Crippen LogP contribution in [0.25, 0.3) is 10.9 Å². The number of aromatic nitrogens is 1. The minimum absolute atomic E-state index is 0.683. The molecule has 2 aromatic rings. The molecule has 3 heterocycles. The summed E-state index contributed by atoms with van der Waals surface area (Å²) in [5, 5.41) is 1.34. The molecule has 0 spiro atoms. The van der Waals surface area contributed by atoms with Crippen molar-refractivity contribution in [2.45, 2.75) is 83.8 Å². The Balaban J connectivity index is 1.45. The number of hydrogen-bond donors (Lipinski definition) is 1. The molecule has 1 saturated carbocycles. The molecule has 2 aliphatic heterocycles. The molecule has 4 nitrogen and oxygen atoms in total. The summed E-state index contributed by atoms with van der Waals surface area (Å²) in [6.07, 6.45) is 13.3. The predicted molar refractivity (Wildman–Crippen MR) is 129 cm³/mol. The van der Waals surface area contributed by atoms with Gasteiger partial charge in [0.05, 0.1) is 7.11 Å². The van der Waals surface area contributed by atoms with Gasteiger partial charge < -0.3 is 9.72 Å². The maximum atomic E-state index is 5.91. The first-order chi connectivity index (χ1) is 15.1. The average molecular weight is 424 g/mol. The molecule has 0 bridgehead atoms. The monoisotopic (exact) mass is 423 g/mol. The fourth-order valence-electron chi connectivity index (χ4n) is 6.85. The van der Waals surface area contributed by atoms with E-state index in [1.807, 2.05) is 7.11 Å². The first-order valence-corrected chi connectivity index (χ1v) is 12.8. The minimum atomic E-state index is 0.683. The number of H-pyrrole nitrogens is 1. The predicted octanol–water partition coefficient (Wildman–Crippen LogP) is 5.74. The highest BCUT2D eigenvalue weighted by molar-refractivity contribution is 5.88. The molecule has 170 valence electrons. The molecular formula is C27H41N3O. The van der Waals surface area contributed by atoms with E-state index in [2.05, 4.69) is 47.0 Å². The van der Waals surface area contributed by atoms with Crippen molar-refractivity contribution in [1.29, 1.82) is 0 Å². The van der Waals surface area contributed by atoms with Crippen LogP contribution in [0.5, 0.6) is 5.75 Å². The van der Waals surface area contributed by atoms with E-state index in [4.69, 9.17) is 4.74 Å². The van der Waals surface area contributed by atoms with Crippen LogP contribution in [0.1, 0.15) is 69.4 Å². The summed E-state index contributed by atoms with van der Waals surface area (Å²) in [5.74, 6) is 2.82. The smallest absolute Gasteiger partial charge is 0.124 e. The first kappa shape index (κ1) is 21.3. The lowest BCUT2D eigenvalue weighted by Crippen LogP contribution is -2.58. The van der Waals surface area contributed by atoms with Crippen molar-refractivity contribution in [2.75, 3.05) is 26.7 Å². The van der Waals surface area contributed by atoms with E-state index in [1.54, 1.807) is 0 Å². The van der Waals surface area contributed by atoms with E-state index < -0.39 is 0 Å². The Hall–Kier alpha value is -1.52. The Morgan fingerprint density at radius 1 is 1.06 bits per heavy atom. The number of benzene rings is 1. The second kappa shape index (κ2) is 9.15. The van der Waals surface area contributed by atoms with Gasteiger partial charge in [-0.1, -0.05) is 32.6 Å². The summed E-state index contributed by atoms with van der Waals surface area (Å²) < 4.78 is 5.91. The third-order valence-corrected chi connectivity index (χ3v) is 8.62. The van der Waals surface area contributed by atoms with Crippen LogP contribution < -0.4 is 4.74 Å². The first-order valence-electron chi connectivity index (χ1n) is 12.8. The van der Waals surface area contributed by atoms with Gasteiger partial charge in [-0.2, -0.15) is 0 Å². The fourth-order valence-corrected chi connectivity index (χ4v) is 6.85. The van der Waals surface area contributed by atoms with Gasteiger partial charge in [0.15, 0.2) is 0 Å². The van der Waals surface area contributed by atoms with Gasteiger partial charge in [-0.25, -0.2) is 0 Å². The van der Waals surface area contributed by atoms with Gasteiger partial charge in [0.25, 0.3) is 0 Å². The van der Waals surface area contributed by atoms with Crippen LogP contribution in [-0.4, -0.2) is 53.6 Å². The van der Waals surface area contributed by atoms with E-state index in [-0.39, 0.29) is 0 Å². The average Bonchev–Trinajstić information content (AvgIpc) is 3.41. The molecule has 1 N–H and O–H groups in total. The molecule has 1 aromatic carbocycles. The Labute approximate surface area is 188 Å². The van der Waals surface area contributed by atoms with Gasteiger partial charge in [0.1, 0.15) is 5.75 Å². The van der Waals surface area contributed by atoms with Crippen LogP contribution in [0.3, 0.4) is 0 Å². The second-order valence-corrected chi connectivity index (χ2v) is 10.7. The highest BCUT2D eigenvalue weighted by Crippen LogP contribution is 2.38. The third kappa shape index (κ3) is 4.26. The number of piperazine rings is 1. The maximum Gasteiger partial charge on any atom is 0.124 e. The second-order valence-electron chi connectivity index (χ2n) is 10.7. The SMILES string of the molecule is COc1cc(C)c2[nH]ccc2c1CN1CC2CCCN2CC1C1CCCC(C)CCC1. The van der Waals surface area contributed by atoms with Crippen molar-refractivity contribution in [3.63, 3.8) is 0 Å². The quantitative estimate of drug-likeness (QED) is 0.680. The number of methoxy groups -OCH3 is 1. The summed E-state index contributed by atoms with van der Waals surface area (Å²) in [5.41, 5.74) is 3.92. The summed E-state index contributed by atoms with van der Waals surface area (Å²) in [6.45, 7) is 9.46. The summed E-state index contributed by atoms with van der Waals surface area (Å²) >= 11 is 0. The molecule has 4 heteroatoms. The number of fused-ring (bicyclic) bond motifs is 2. The van der Waals surface area contributed by atoms with E-state index >= 15 is 0 Å². The van der Waals surface area contributed by atoms with Crippen LogP contribution in [0.4, 0.5) is 0 Å². The largest absolute Gasteiger partial charge is 0.496 e. The van der Waals surface area contributed by atoms with Crippen LogP contribution in [0, 0.1) is 18.8 Å². The van der Waals surface area contributed by atoms with Crippen LogP contribution in [-0.2, 0) is 6.54 Å². The van der Waals surface area contributed by atoms with Crippen molar-refractivity contribution >= 4 is 10.9 Å². The summed E-state index contributed by atoms with van der Waals surface area (Å²) in [6, 6.07) is 5.91. The van der Waals surface area contributed by atoms with Gasteiger partial charge in [-0.3, -0.25) is 9.80 Å². The molecule has 31 heavy (non-hydrogen) atoms. The van der Waals surface area contributed by atoms with Crippen molar-refractivity contribution < 1.29 is 4.74 Å². The van der Waals surface area contributed by atoms with Crippen molar-refractivity contribution in [3.05, 3.63) is 29.5 Å². The maximum absolute atomic E-state index is 5.91. The lowest BCUT2D eigenvalue weighted by atomic mass is 9.81. The van der Waals surface area contributed by atoms with Gasteiger partial charge >= 0.3 is 0 Å². The van der Waals surface area contributed by atoms with Crippen LogP contribution >= 0.6 is 0 Å². The molecule has 5 rings (SSSR count). The molecule has 0 amide bonds. The fraction of sp³-hybridized carbons (Fsp3) is 0.704. The van der Waals surface area contributed by atoms with Crippen LogP contribution in [0.2, 0.25) is 0 Å². The van der Waals surface area contributed by atoms with Gasteiger partial charge in [0.2, 0.25) is 0 Å². The topological polar surface area (TPSA) is 31.5 Å². The molecule has 3 aliphatic rings. The number of nitrogens with zero attached hydrogens (tertiary/aromatic N) is 2. The Morgan fingerprint density at radius 3 is 2.65 bits per heavy atom. The molecule has 3 fully saturated rings. The van der Waals surface area contributed by atoms with E-state index in [9.17, 15) is 0 Å². The summed E-state index contributed by atoms with van der Waals surface area (Å²) in [4.78, 5) is 9.15. The Morgan fingerprint density at radius 2 is 1.87 bits per heavy atom. The third-order valence-electron chi connectivity index (χ3n) is 8.62. The Bertz CT molecular complexity index is 880. The van der Waals surface area contributed by atoms with Crippen molar-refractivity contribution in [3.8, 4) is 5.75 Å². The number of nitrogens with one attached hydrogen (secondary N) is 1. The van der Waals surface area contributed by atoms with Crippen LogP contribution in [0.15, 0.2) is 18.3 Å². The number of hydrogen-bond acceptors (Lipinski definition) is 3. The Kier molecular flexibility index (Phi) is 6.30. The lowest BCUT2D eigenvalue weighted by Gasteiger charge is -2.47. The van der Waals surface area contributed by atoms with E-state index in [0.29, 0.717) is 6.04 Å². The number of ether oxygens (including phenoxy) is 1. The minimum Gasteiger partial charge on any atom is -0.496 e. The molecule has 2 atom stereocenters. The zero-order chi connectivity index (χ0) is 21.4. The molecule has 0 radical (unpaired) electrons. The van der Waals surface area contributed by atoms with Crippen molar-refractivity contribution in [1.82, 2.24) is 14.8 Å². The van der Waals surface area contributed by atoms with E-state index in [0.717, 1.165) is 30.2 Å². The highest BCUT2D eigenvalue weighted by atomic mass is 16.5. The molecule has 1 aliphatic carbocycles. The summed E-state index contributed by atoms with van der Waals surface area (Å²) in [7, 11) is 1.83. The lowest BCUT2D eigenvalue weighted by molar-refractivity contribution is 0.00909. The molecule has 1 aromatic heterocycles. The number of aromatic amines is 1.